The second-order valence-corrected chi connectivity index (χ2v) is 8.49. The Hall–Kier alpha value is -1.59. The lowest BCUT2D eigenvalue weighted by Gasteiger charge is -2.27. The van der Waals surface area contributed by atoms with Crippen LogP contribution in [0.2, 0.25) is 0 Å². The molecule has 2 rings (SSSR count). The Labute approximate surface area is 159 Å². The summed E-state index contributed by atoms with van der Waals surface area (Å²) >= 11 is 0. The number of guanidine groups is 1. The van der Waals surface area contributed by atoms with E-state index in [1.165, 1.54) is 51.4 Å². The van der Waals surface area contributed by atoms with E-state index in [9.17, 15) is 0 Å². The fourth-order valence-electron chi connectivity index (χ4n) is 3.42. The van der Waals surface area contributed by atoms with Gasteiger partial charge in [-0.05, 0) is 31.6 Å². The average molecular weight is 363 g/mol. The highest BCUT2D eigenvalue weighted by Crippen LogP contribution is 2.23. The molecule has 6 nitrogen and oxygen atoms in total. The molecule has 0 bridgehead atoms. The molecule has 0 saturated heterocycles. The third-order valence-electron chi connectivity index (χ3n) is 5.45. The molecule has 0 radical (unpaired) electrons. The van der Waals surface area contributed by atoms with Crippen LogP contribution in [0.4, 0.5) is 0 Å². The first-order chi connectivity index (χ1) is 12.4. The van der Waals surface area contributed by atoms with Crippen molar-refractivity contribution >= 4 is 5.96 Å². The van der Waals surface area contributed by atoms with Gasteiger partial charge in [0.1, 0.15) is 12.4 Å². The van der Waals surface area contributed by atoms with E-state index < -0.39 is 0 Å². The molecule has 1 aliphatic rings. The molecule has 1 aromatic rings. The lowest BCUT2D eigenvalue weighted by atomic mass is 9.87. The Bertz CT molecular complexity index is 569. The van der Waals surface area contributed by atoms with Gasteiger partial charge in [-0.25, -0.2) is 4.99 Å². The Balaban J connectivity index is 1.96. The highest BCUT2D eigenvalue weighted by atomic mass is 15.3. The lowest BCUT2D eigenvalue weighted by Crippen LogP contribution is -2.45. The highest BCUT2D eigenvalue weighted by molar-refractivity contribution is 5.80. The van der Waals surface area contributed by atoms with Gasteiger partial charge in [-0.3, -0.25) is 0 Å². The van der Waals surface area contributed by atoms with E-state index in [0.717, 1.165) is 24.2 Å². The van der Waals surface area contributed by atoms with Crippen molar-refractivity contribution in [1.82, 2.24) is 25.4 Å². The van der Waals surface area contributed by atoms with E-state index in [0.29, 0.717) is 12.6 Å². The van der Waals surface area contributed by atoms with Gasteiger partial charge in [0.25, 0.3) is 0 Å². The van der Waals surface area contributed by atoms with Gasteiger partial charge in [-0.15, -0.1) is 10.2 Å². The molecule has 1 saturated carbocycles. The molecule has 26 heavy (non-hydrogen) atoms. The van der Waals surface area contributed by atoms with Gasteiger partial charge >= 0.3 is 0 Å². The first kappa shape index (κ1) is 20.7. The molecule has 1 heterocycles. The number of unbranched alkanes of at least 4 members (excludes halogenated alkanes) is 2. The summed E-state index contributed by atoms with van der Waals surface area (Å²) < 4.78 is 2.01. The zero-order valence-electron chi connectivity index (χ0n) is 17.4. The highest BCUT2D eigenvalue weighted by Gasteiger charge is 2.20. The van der Waals surface area contributed by atoms with E-state index in [2.05, 4.69) is 41.6 Å². The van der Waals surface area contributed by atoms with Crippen molar-refractivity contribution in [3.63, 3.8) is 0 Å². The van der Waals surface area contributed by atoms with Gasteiger partial charge in [-0.2, -0.15) is 0 Å². The van der Waals surface area contributed by atoms with Crippen molar-refractivity contribution in [1.29, 1.82) is 0 Å². The largest absolute Gasteiger partial charge is 0.356 e. The number of hydrogen-bond acceptors (Lipinski definition) is 3. The Kier molecular flexibility index (Phi) is 7.91. The molecule has 148 valence electrons. The first-order valence-corrected chi connectivity index (χ1v) is 10.3. The van der Waals surface area contributed by atoms with E-state index >= 15 is 0 Å². The summed E-state index contributed by atoms with van der Waals surface area (Å²) in [4.78, 5) is 4.80. The van der Waals surface area contributed by atoms with Gasteiger partial charge in [0.15, 0.2) is 11.8 Å². The van der Waals surface area contributed by atoms with Crippen LogP contribution < -0.4 is 10.6 Å². The van der Waals surface area contributed by atoms with Crippen LogP contribution in [0.25, 0.3) is 0 Å². The molecule has 2 N–H and O–H groups in total. The number of nitrogens with zero attached hydrogens (tertiary/aromatic N) is 4. The molecule has 6 heteroatoms. The van der Waals surface area contributed by atoms with Crippen molar-refractivity contribution < 1.29 is 0 Å². The zero-order valence-corrected chi connectivity index (χ0v) is 17.4. The predicted molar refractivity (Wildman–Crippen MR) is 108 cm³/mol. The number of hydrogen-bond donors (Lipinski definition) is 2. The van der Waals surface area contributed by atoms with Gasteiger partial charge in [0.2, 0.25) is 0 Å². The fraction of sp³-hybridized carbons (Fsp3) is 0.850. The molecular formula is C20H38N6. The fourth-order valence-corrected chi connectivity index (χ4v) is 3.42. The molecule has 1 aliphatic carbocycles. The van der Waals surface area contributed by atoms with Crippen LogP contribution in [-0.4, -0.2) is 33.3 Å². The Morgan fingerprint density at radius 3 is 2.58 bits per heavy atom. The summed E-state index contributed by atoms with van der Waals surface area (Å²) in [6, 6.07) is 0.547. The van der Waals surface area contributed by atoms with Gasteiger partial charge < -0.3 is 15.2 Å². The monoisotopic (exact) mass is 362 g/mol. The minimum Gasteiger partial charge on any atom is -0.356 e. The second-order valence-electron chi connectivity index (χ2n) is 8.49. The van der Waals surface area contributed by atoms with Crippen LogP contribution in [0.3, 0.4) is 0 Å². The molecular weight excluding hydrogens is 324 g/mol. The smallest absolute Gasteiger partial charge is 0.191 e. The minimum atomic E-state index is 0.272. The minimum absolute atomic E-state index is 0.272. The normalized spacial score (nSPS) is 16.3. The summed E-state index contributed by atoms with van der Waals surface area (Å²) in [5.41, 5.74) is 0.272. The number of aliphatic imine (C=N–C) groups is 1. The quantitative estimate of drug-likeness (QED) is 0.399. The summed E-state index contributed by atoms with van der Waals surface area (Å²) in [5, 5.41) is 15.6. The van der Waals surface area contributed by atoms with E-state index in [1.807, 2.05) is 18.5 Å². The Morgan fingerprint density at radius 2 is 1.96 bits per heavy atom. The zero-order chi connectivity index (χ0) is 19.0. The van der Waals surface area contributed by atoms with Gasteiger partial charge in [0.05, 0.1) is 0 Å². The third kappa shape index (κ3) is 6.61. The van der Waals surface area contributed by atoms with E-state index in [4.69, 9.17) is 4.99 Å². The number of aryl methyl sites for hydroxylation is 1. The summed E-state index contributed by atoms with van der Waals surface area (Å²) in [6.45, 7) is 10.4. The Morgan fingerprint density at radius 1 is 1.23 bits per heavy atom. The van der Waals surface area contributed by atoms with Crippen molar-refractivity contribution in [2.45, 2.75) is 91.6 Å². The molecule has 0 unspecified atom stereocenters. The number of aromatic nitrogens is 3. The average Bonchev–Trinajstić information content (AvgIpc) is 3.22. The van der Waals surface area contributed by atoms with Crippen LogP contribution >= 0.6 is 0 Å². The van der Waals surface area contributed by atoms with Gasteiger partial charge in [-0.1, -0.05) is 52.9 Å². The molecule has 0 aromatic carbocycles. The molecule has 0 spiro atoms. The van der Waals surface area contributed by atoms with Crippen LogP contribution in [-0.2, 0) is 13.6 Å². The molecule has 0 aliphatic heterocycles. The molecule has 0 amide bonds. The second kappa shape index (κ2) is 9.93. The maximum atomic E-state index is 4.80. The first-order valence-electron chi connectivity index (χ1n) is 10.3. The maximum absolute atomic E-state index is 4.80. The predicted octanol–water partition coefficient (Wildman–Crippen LogP) is 3.71. The SMILES string of the molecule is CCCCCC(C)(C)CNC(=NCc1nnc(C)n1C)NC1CCCC1. The van der Waals surface area contributed by atoms with Crippen LogP contribution in [0, 0.1) is 12.3 Å². The van der Waals surface area contributed by atoms with E-state index in [1.54, 1.807) is 0 Å². The topological polar surface area (TPSA) is 67.1 Å². The summed E-state index contributed by atoms with van der Waals surface area (Å²) in [5.74, 6) is 2.74. The van der Waals surface area contributed by atoms with Crippen molar-refractivity contribution in [3.8, 4) is 0 Å². The maximum Gasteiger partial charge on any atom is 0.191 e. The van der Waals surface area contributed by atoms with Crippen molar-refractivity contribution in [2.24, 2.45) is 17.5 Å². The molecule has 0 atom stereocenters. The van der Waals surface area contributed by atoms with Crippen LogP contribution in [0.15, 0.2) is 4.99 Å². The standard InChI is InChI=1S/C20H38N6/c1-6-7-10-13-20(3,4)15-22-19(23-17-11-8-9-12-17)21-14-18-25-24-16(2)26(18)5/h17H,6-15H2,1-5H3,(H2,21,22,23). The van der Waals surface area contributed by atoms with Crippen molar-refractivity contribution in [3.05, 3.63) is 11.6 Å². The van der Waals surface area contributed by atoms with Crippen molar-refractivity contribution in [2.75, 3.05) is 6.54 Å². The van der Waals surface area contributed by atoms with E-state index in [-0.39, 0.29) is 5.41 Å². The van der Waals surface area contributed by atoms with Crippen LogP contribution in [0.1, 0.15) is 83.8 Å². The third-order valence-corrected chi connectivity index (χ3v) is 5.45. The summed E-state index contributed by atoms with van der Waals surface area (Å²) in [6.07, 6.45) is 10.2. The van der Waals surface area contributed by atoms with Gasteiger partial charge in [0, 0.05) is 19.6 Å². The molecule has 1 fully saturated rings. The molecule has 1 aromatic heterocycles. The lowest BCUT2D eigenvalue weighted by molar-refractivity contribution is 0.318. The number of rotatable bonds is 9. The number of nitrogens with one attached hydrogen (secondary N) is 2. The summed E-state index contributed by atoms with van der Waals surface area (Å²) in [7, 11) is 1.99. The van der Waals surface area contributed by atoms with Crippen LogP contribution in [0.5, 0.6) is 0 Å².